The van der Waals surface area contributed by atoms with E-state index in [2.05, 4.69) is 11.6 Å². The average molecular weight is 354 g/mol. The number of fused-ring (bicyclic) bond motifs is 1. The lowest BCUT2D eigenvalue weighted by Gasteiger charge is -2.21. The summed E-state index contributed by atoms with van der Waals surface area (Å²) in [4.78, 5) is 30.7. The maximum Gasteiger partial charge on any atom is 0.261 e. The van der Waals surface area contributed by atoms with Crippen LogP contribution in [0, 0.1) is 0 Å². The van der Waals surface area contributed by atoms with Crippen LogP contribution in [0.15, 0.2) is 35.4 Å². The molecule has 122 valence electrons. The largest absolute Gasteiger partial charge is 0.337 e. The Balaban J connectivity index is 2.37. The van der Waals surface area contributed by atoms with Gasteiger partial charge in [0.25, 0.3) is 5.56 Å². The van der Waals surface area contributed by atoms with Crippen molar-refractivity contribution in [3.05, 3.63) is 51.0 Å². The first kappa shape index (κ1) is 17.5. The molecular weight excluding hydrogens is 337 g/mol. The van der Waals surface area contributed by atoms with E-state index < -0.39 is 0 Å². The van der Waals surface area contributed by atoms with Gasteiger partial charge in [0, 0.05) is 18.1 Å². The Labute approximate surface area is 144 Å². The van der Waals surface area contributed by atoms with Gasteiger partial charge < -0.3 is 4.90 Å². The second-order valence-corrected chi connectivity index (χ2v) is 6.17. The van der Waals surface area contributed by atoms with Crippen molar-refractivity contribution in [1.82, 2.24) is 14.5 Å². The quantitative estimate of drug-likeness (QED) is 0.776. The molecule has 2 aromatic rings. The van der Waals surface area contributed by atoms with E-state index in [0.717, 1.165) is 5.57 Å². The highest BCUT2D eigenvalue weighted by atomic mass is 35.5. The van der Waals surface area contributed by atoms with Crippen molar-refractivity contribution in [2.24, 2.45) is 0 Å². The van der Waals surface area contributed by atoms with Crippen LogP contribution < -0.4 is 5.56 Å². The second kappa shape index (κ2) is 7.15. The smallest absolute Gasteiger partial charge is 0.261 e. The summed E-state index contributed by atoms with van der Waals surface area (Å²) in [6, 6.07) is 3.03. The molecule has 7 heteroatoms. The van der Waals surface area contributed by atoms with E-state index in [0.29, 0.717) is 34.0 Å². The number of aromatic nitrogens is 2. The van der Waals surface area contributed by atoms with Crippen LogP contribution in [0.5, 0.6) is 0 Å². The molecule has 0 spiro atoms. The van der Waals surface area contributed by atoms with Gasteiger partial charge in [-0.1, -0.05) is 35.4 Å². The molecule has 1 amide bonds. The molecule has 0 aliphatic rings. The van der Waals surface area contributed by atoms with E-state index >= 15 is 0 Å². The second-order valence-electron chi connectivity index (χ2n) is 5.33. The van der Waals surface area contributed by atoms with Crippen molar-refractivity contribution in [2.75, 3.05) is 13.1 Å². The molecule has 0 aliphatic heterocycles. The number of hydrogen-bond acceptors (Lipinski definition) is 3. The molecule has 0 N–H and O–H groups in total. The predicted octanol–water partition coefficient (Wildman–Crippen LogP) is 3.13. The molecule has 1 heterocycles. The van der Waals surface area contributed by atoms with Gasteiger partial charge in [-0.15, -0.1) is 0 Å². The molecule has 5 nitrogen and oxygen atoms in total. The SMILES string of the molecule is C=C(C)CN(CC)C(=O)Cn1cnc2c(Cl)cc(Cl)cc2c1=O. The van der Waals surface area contributed by atoms with Gasteiger partial charge in [-0.25, -0.2) is 4.98 Å². The van der Waals surface area contributed by atoms with Crippen LogP contribution in [-0.2, 0) is 11.3 Å². The normalized spacial score (nSPS) is 10.8. The minimum Gasteiger partial charge on any atom is -0.337 e. The Morgan fingerprint density at radius 2 is 2.09 bits per heavy atom. The number of halogens is 2. The molecule has 0 atom stereocenters. The van der Waals surface area contributed by atoms with Crippen molar-refractivity contribution in [3.8, 4) is 0 Å². The predicted molar refractivity (Wildman–Crippen MR) is 93.1 cm³/mol. The van der Waals surface area contributed by atoms with Crippen LogP contribution in [0.2, 0.25) is 10.0 Å². The molecule has 0 fully saturated rings. The first-order valence-corrected chi connectivity index (χ1v) is 7.85. The van der Waals surface area contributed by atoms with Crippen LogP contribution in [0.25, 0.3) is 10.9 Å². The Morgan fingerprint density at radius 1 is 1.39 bits per heavy atom. The Kier molecular flexibility index (Phi) is 5.44. The number of carbonyl (C=O) groups excluding carboxylic acids is 1. The van der Waals surface area contributed by atoms with Crippen LogP contribution in [0.3, 0.4) is 0 Å². The van der Waals surface area contributed by atoms with E-state index in [1.54, 1.807) is 4.90 Å². The number of rotatable bonds is 5. The molecule has 0 bridgehead atoms. The molecule has 23 heavy (non-hydrogen) atoms. The van der Waals surface area contributed by atoms with E-state index in [1.165, 1.54) is 23.0 Å². The monoisotopic (exact) mass is 353 g/mol. The van der Waals surface area contributed by atoms with E-state index in [4.69, 9.17) is 23.2 Å². The Hall–Kier alpha value is -1.85. The molecule has 0 radical (unpaired) electrons. The van der Waals surface area contributed by atoms with Gasteiger partial charge in [-0.3, -0.25) is 14.2 Å². The zero-order valence-electron chi connectivity index (χ0n) is 13.0. The maximum atomic E-state index is 12.5. The summed E-state index contributed by atoms with van der Waals surface area (Å²) in [5.41, 5.74) is 0.904. The van der Waals surface area contributed by atoms with Gasteiger partial charge in [-0.2, -0.15) is 0 Å². The Morgan fingerprint density at radius 3 is 2.70 bits per heavy atom. The van der Waals surface area contributed by atoms with Gasteiger partial charge in [0.1, 0.15) is 6.54 Å². The number of nitrogens with zero attached hydrogens (tertiary/aromatic N) is 3. The Bertz CT molecular complexity index is 830. The van der Waals surface area contributed by atoms with E-state index in [9.17, 15) is 9.59 Å². The van der Waals surface area contributed by atoms with E-state index in [-0.39, 0.29) is 18.0 Å². The third-order valence-electron chi connectivity index (χ3n) is 3.35. The van der Waals surface area contributed by atoms with Crippen LogP contribution in [0.1, 0.15) is 13.8 Å². The molecule has 1 aromatic heterocycles. The minimum absolute atomic E-state index is 0.0903. The van der Waals surface area contributed by atoms with Crippen molar-refractivity contribution in [3.63, 3.8) is 0 Å². The molecule has 0 saturated carbocycles. The van der Waals surface area contributed by atoms with Gasteiger partial charge in [0.2, 0.25) is 5.91 Å². The summed E-state index contributed by atoms with van der Waals surface area (Å²) < 4.78 is 1.26. The summed E-state index contributed by atoms with van der Waals surface area (Å²) in [5.74, 6) is -0.174. The molecule has 0 saturated heterocycles. The summed E-state index contributed by atoms with van der Waals surface area (Å²) in [6.45, 7) is 8.45. The van der Waals surface area contributed by atoms with E-state index in [1.807, 2.05) is 13.8 Å². The van der Waals surface area contributed by atoms with Crippen LogP contribution in [-0.4, -0.2) is 33.4 Å². The van der Waals surface area contributed by atoms with Crippen molar-refractivity contribution < 1.29 is 4.79 Å². The molecule has 0 aliphatic carbocycles. The fraction of sp³-hybridized carbons (Fsp3) is 0.312. The number of hydrogen-bond donors (Lipinski definition) is 0. The van der Waals surface area contributed by atoms with Gasteiger partial charge in [0.05, 0.1) is 22.3 Å². The average Bonchev–Trinajstić information content (AvgIpc) is 2.47. The van der Waals surface area contributed by atoms with Gasteiger partial charge in [0.15, 0.2) is 0 Å². The van der Waals surface area contributed by atoms with Crippen LogP contribution in [0.4, 0.5) is 0 Å². The summed E-state index contributed by atoms with van der Waals surface area (Å²) in [7, 11) is 0. The van der Waals surface area contributed by atoms with Crippen molar-refractivity contribution in [2.45, 2.75) is 20.4 Å². The lowest BCUT2D eigenvalue weighted by atomic mass is 10.2. The fourth-order valence-electron chi connectivity index (χ4n) is 2.26. The van der Waals surface area contributed by atoms with Gasteiger partial charge in [-0.05, 0) is 26.0 Å². The fourth-order valence-corrected chi connectivity index (χ4v) is 2.80. The first-order valence-electron chi connectivity index (χ1n) is 7.09. The highest BCUT2D eigenvalue weighted by molar-refractivity contribution is 6.38. The first-order chi connectivity index (χ1) is 10.8. The zero-order chi connectivity index (χ0) is 17.1. The molecule has 0 unspecified atom stereocenters. The van der Waals surface area contributed by atoms with Crippen molar-refractivity contribution in [1.29, 1.82) is 0 Å². The summed E-state index contributed by atoms with van der Waals surface area (Å²) in [6.07, 6.45) is 1.33. The standard InChI is InChI=1S/C16H17Cl2N3O2/c1-4-20(7-10(2)3)14(22)8-21-9-19-15-12(16(21)23)5-11(17)6-13(15)18/h5-6,9H,2,4,7-8H2,1,3H3. The van der Waals surface area contributed by atoms with Gasteiger partial charge >= 0.3 is 0 Å². The summed E-state index contributed by atoms with van der Waals surface area (Å²) in [5, 5.41) is 0.948. The highest BCUT2D eigenvalue weighted by Crippen LogP contribution is 2.23. The number of amides is 1. The third-order valence-corrected chi connectivity index (χ3v) is 3.85. The third kappa shape index (κ3) is 3.92. The minimum atomic E-state index is -0.348. The maximum absolute atomic E-state index is 12.5. The van der Waals surface area contributed by atoms with Crippen molar-refractivity contribution >= 4 is 40.0 Å². The molecular formula is C16H17Cl2N3O2. The molecule has 2 rings (SSSR count). The number of benzene rings is 1. The van der Waals surface area contributed by atoms with Crippen LogP contribution >= 0.6 is 23.2 Å². The number of likely N-dealkylation sites (N-methyl/N-ethyl adjacent to an activating group) is 1. The topological polar surface area (TPSA) is 55.2 Å². The number of carbonyl (C=O) groups is 1. The highest BCUT2D eigenvalue weighted by Gasteiger charge is 2.15. The molecule has 1 aromatic carbocycles. The lowest BCUT2D eigenvalue weighted by Crippen LogP contribution is -2.37. The summed E-state index contributed by atoms with van der Waals surface area (Å²) >= 11 is 12.0. The zero-order valence-corrected chi connectivity index (χ0v) is 14.5. The lowest BCUT2D eigenvalue weighted by molar-refractivity contribution is -0.131.